The van der Waals surface area contributed by atoms with Gasteiger partial charge in [0.05, 0.1) is 6.07 Å². The number of carbonyl (C=O) groups is 1. The van der Waals surface area contributed by atoms with Crippen LogP contribution in [-0.4, -0.2) is 12.5 Å². The summed E-state index contributed by atoms with van der Waals surface area (Å²) in [5.74, 6) is -0.550. The molecule has 3 nitrogen and oxygen atoms in total. The average Bonchev–Trinajstić information content (AvgIpc) is 2.19. The highest BCUT2D eigenvalue weighted by Crippen LogP contribution is 2.39. The van der Waals surface area contributed by atoms with Crippen LogP contribution in [0.1, 0.15) is 46.0 Å². The molecule has 1 unspecified atom stereocenters. The van der Waals surface area contributed by atoms with E-state index in [0.717, 1.165) is 13.0 Å². The molecule has 0 radical (unpaired) electrons. The first-order chi connectivity index (χ1) is 7.11. The number of rotatable bonds is 5. The SMILES string of the molecule is CCCC(C#N)C(=O)NCC1(C)CCC1. The number of hydrogen-bond acceptors (Lipinski definition) is 2. The summed E-state index contributed by atoms with van der Waals surface area (Å²) < 4.78 is 0. The molecule has 84 valence electrons. The third kappa shape index (κ3) is 3.23. The van der Waals surface area contributed by atoms with E-state index >= 15 is 0 Å². The molecule has 0 aliphatic heterocycles. The Morgan fingerprint density at radius 2 is 2.27 bits per heavy atom. The summed E-state index contributed by atoms with van der Waals surface area (Å²) in [7, 11) is 0. The molecule has 1 rings (SSSR count). The van der Waals surface area contributed by atoms with E-state index in [1.807, 2.05) is 6.92 Å². The van der Waals surface area contributed by atoms with Gasteiger partial charge in [0.25, 0.3) is 0 Å². The van der Waals surface area contributed by atoms with Crippen molar-refractivity contribution in [2.24, 2.45) is 11.3 Å². The zero-order chi connectivity index (χ0) is 11.3. The molecule has 0 aromatic rings. The molecule has 1 aliphatic rings. The predicted molar refractivity (Wildman–Crippen MR) is 59.0 cm³/mol. The molecule has 1 aliphatic carbocycles. The molecule has 1 fully saturated rings. The van der Waals surface area contributed by atoms with Gasteiger partial charge in [-0.3, -0.25) is 4.79 Å². The van der Waals surface area contributed by atoms with E-state index in [0.29, 0.717) is 11.8 Å². The molecule has 0 aromatic carbocycles. The molecule has 1 atom stereocenters. The summed E-state index contributed by atoms with van der Waals surface area (Å²) >= 11 is 0. The first kappa shape index (κ1) is 12.0. The number of nitrogens with zero attached hydrogens (tertiary/aromatic N) is 1. The fourth-order valence-electron chi connectivity index (χ4n) is 1.92. The van der Waals surface area contributed by atoms with Gasteiger partial charge in [-0.25, -0.2) is 0 Å². The number of carbonyl (C=O) groups excluding carboxylic acids is 1. The summed E-state index contributed by atoms with van der Waals surface area (Å²) in [5, 5.41) is 11.7. The molecule has 0 spiro atoms. The summed E-state index contributed by atoms with van der Waals surface area (Å²) in [6.45, 7) is 4.91. The maximum absolute atomic E-state index is 11.6. The van der Waals surface area contributed by atoms with Crippen molar-refractivity contribution in [1.29, 1.82) is 5.26 Å². The second-order valence-electron chi connectivity index (χ2n) is 4.85. The van der Waals surface area contributed by atoms with Gasteiger partial charge in [0, 0.05) is 6.54 Å². The van der Waals surface area contributed by atoms with Gasteiger partial charge in [0.2, 0.25) is 5.91 Å². The molecule has 3 heteroatoms. The van der Waals surface area contributed by atoms with Crippen LogP contribution < -0.4 is 5.32 Å². The molecular weight excluding hydrogens is 188 g/mol. The standard InChI is InChI=1S/C12H20N2O/c1-3-5-10(8-13)11(15)14-9-12(2)6-4-7-12/h10H,3-7,9H2,1-2H3,(H,14,15). The van der Waals surface area contributed by atoms with Crippen LogP contribution >= 0.6 is 0 Å². The minimum absolute atomic E-state index is 0.0903. The van der Waals surface area contributed by atoms with Gasteiger partial charge in [0.1, 0.15) is 5.92 Å². The highest BCUT2D eigenvalue weighted by atomic mass is 16.1. The Kier molecular flexibility index (Phi) is 4.14. The van der Waals surface area contributed by atoms with Crippen molar-refractivity contribution >= 4 is 5.91 Å². The molecule has 0 bridgehead atoms. The lowest BCUT2D eigenvalue weighted by Crippen LogP contribution is -2.41. The molecule has 0 saturated heterocycles. The van der Waals surface area contributed by atoms with Crippen molar-refractivity contribution in [1.82, 2.24) is 5.32 Å². The molecule has 0 heterocycles. The Morgan fingerprint density at radius 1 is 1.60 bits per heavy atom. The molecule has 1 N–H and O–H groups in total. The van der Waals surface area contributed by atoms with Crippen LogP contribution in [0.25, 0.3) is 0 Å². The lowest BCUT2D eigenvalue weighted by molar-refractivity contribution is -0.124. The molecule has 0 aromatic heterocycles. The summed E-state index contributed by atoms with van der Waals surface area (Å²) in [6, 6.07) is 2.06. The van der Waals surface area contributed by atoms with Crippen molar-refractivity contribution < 1.29 is 4.79 Å². The van der Waals surface area contributed by atoms with E-state index in [4.69, 9.17) is 5.26 Å². The number of hydrogen-bond donors (Lipinski definition) is 1. The lowest BCUT2D eigenvalue weighted by Gasteiger charge is -2.38. The van der Waals surface area contributed by atoms with Crippen LogP contribution in [0.3, 0.4) is 0 Å². The van der Waals surface area contributed by atoms with Gasteiger partial charge >= 0.3 is 0 Å². The second kappa shape index (κ2) is 5.16. The topological polar surface area (TPSA) is 52.9 Å². The Labute approximate surface area is 91.9 Å². The molecule has 15 heavy (non-hydrogen) atoms. The van der Waals surface area contributed by atoms with E-state index in [2.05, 4.69) is 18.3 Å². The fraction of sp³-hybridized carbons (Fsp3) is 0.833. The smallest absolute Gasteiger partial charge is 0.237 e. The van der Waals surface area contributed by atoms with Crippen LogP contribution in [0.5, 0.6) is 0 Å². The number of nitriles is 1. The van der Waals surface area contributed by atoms with Crippen molar-refractivity contribution in [3.05, 3.63) is 0 Å². The Morgan fingerprint density at radius 3 is 2.67 bits per heavy atom. The minimum atomic E-state index is -0.460. The van der Waals surface area contributed by atoms with Crippen molar-refractivity contribution in [3.63, 3.8) is 0 Å². The molecular formula is C12H20N2O. The third-order valence-corrected chi connectivity index (χ3v) is 3.30. The van der Waals surface area contributed by atoms with Gasteiger partial charge in [-0.15, -0.1) is 0 Å². The normalized spacial score (nSPS) is 19.8. The molecule has 1 saturated carbocycles. The largest absolute Gasteiger partial charge is 0.354 e. The van der Waals surface area contributed by atoms with Crippen LogP contribution in [0, 0.1) is 22.7 Å². The van der Waals surface area contributed by atoms with Crippen LogP contribution in [0.15, 0.2) is 0 Å². The van der Waals surface area contributed by atoms with Gasteiger partial charge in [0.15, 0.2) is 0 Å². The summed E-state index contributed by atoms with van der Waals surface area (Å²) in [5.41, 5.74) is 0.294. The Hall–Kier alpha value is -1.04. The predicted octanol–water partition coefficient (Wildman–Crippen LogP) is 2.23. The van der Waals surface area contributed by atoms with Crippen LogP contribution in [0.4, 0.5) is 0 Å². The zero-order valence-electron chi connectivity index (χ0n) is 9.68. The first-order valence-corrected chi connectivity index (χ1v) is 5.78. The number of amides is 1. The number of nitrogens with one attached hydrogen (secondary N) is 1. The highest BCUT2D eigenvalue weighted by molar-refractivity contribution is 5.81. The van der Waals surface area contributed by atoms with Gasteiger partial charge in [-0.2, -0.15) is 5.26 Å². The highest BCUT2D eigenvalue weighted by Gasteiger charge is 2.32. The van der Waals surface area contributed by atoms with Crippen LogP contribution in [-0.2, 0) is 4.79 Å². The van der Waals surface area contributed by atoms with E-state index in [9.17, 15) is 4.79 Å². The second-order valence-corrected chi connectivity index (χ2v) is 4.85. The van der Waals surface area contributed by atoms with Gasteiger partial charge in [-0.05, 0) is 24.7 Å². The maximum Gasteiger partial charge on any atom is 0.237 e. The first-order valence-electron chi connectivity index (χ1n) is 5.78. The van der Waals surface area contributed by atoms with Crippen molar-refractivity contribution in [3.8, 4) is 6.07 Å². The lowest BCUT2D eigenvalue weighted by atomic mass is 9.70. The monoisotopic (exact) mass is 208 g/mol. The maximum atomic E-state index is 11.6. The summed E-state index contributed by atoms with van der Waals surface area (Å²) in [4.78, 5) is 11.6. The van der Waals surface area contributed by atoms with E-state index in [1.54, 1.807) is 0 Å². The quantitative estimate of drug-likeness (QED) is 0.753. The summed E-state index contributed by atoms with van der Waals surface area (Å²) in [6.07, 6.45) is 5.20. The van der Waals surface area contributed by atoms with E-state index in [1.165, 1.54) is 19.3 Å². The zero-order valence-corrected chi connectivity index (χ0v) is 9.68. The van der Waals surface area contributed by atoms with Gasteiger partial charge < -0.3 is 5.32 Å². The third-order valence-electron chi connectivity index (χ3n) is 3.30. The van der Waals surface area contributed by atoms with E-state index in [-0.39, 0.29) is 5.91 Å². The van der Waals surface area contributed by atoms with Crippen molar-refractivity contribution in [2.75, 3.05) is 6.54 Å². The average molecular weight is 208 g/mol. The van der Waals surface area contributed by atoms with Gasteiger partial charge in [-0.1, -0.05) is 26.7 Å². The van der Waals surface area contributed by atoms with E-state index < -0.39 is 5.92 Å². The molecule has 1 amide bonds. The van der Waals surface area contributed by atoms with Crippen LogP contribution in [0.2, 0.25) is 0 Å². The van der Waals surface area contributed by atoms with Crippen molar-refractivity contribution in [2.45, 2.75) is 46.0 Å². The Bertz CT molecular complexity index is 263. The minimum Gasteiger partial charge on any atom is -0.354 e. The fourth-order valence-corrected chi connectivity index (χ4v) is 1.92. The Balaban J connectivity index is 2.31.